The first-order chi connectivity index (χ1) is 13.8. The molecule has 0 unspecified atom stereocenters. The fourth-order valence-electron chi connectivity index (χ4n) is 3.16. The summed E-state index contributed by atoms with van der Waals surface area (Å²) < 4.78 is 56.3. The van der Waals surface area contributed by atoms with Gasteiger partial charge in [0.05, 0.1) is 17.5 Å². The van der Waals surface area contributed by atoms with E-state index in [4.69, 9.17) is 0 Å². The third kappa shape index (κ3) is 2.90. The highest BCUT2D eigenvalue weighted by Crippen LogP contribution is 2.36. The van der Waals surface area contributed by atoms with Crippen molar-refractivity contribution in [2.75, 3.05) is 14.1 Å². The van der Waals surface area contributed by atoms with Gasteiger partial charge in [0.1, 0.15) is 22.7 Å². The van der Waals surface area contributed by atoms with Crippen LogP contribution >= 0.6 is 0 Å². The number of hydrogen-bond donors (Lipinski definition) is 0. The lowest BCUT2D eigenvalue weighted by molar-refractivity contribution is 0.506. The fourth-order valence-corrected chi connectivity index (χ4v) is 4.06. The molecule has 9 heteroatoms. The Hall–Kier alpha value is -3.17. The van der Waals surface area contributed by atoms with Crippen LogP contribution in [0.5, 0.6) is 0 Å². The van der Waals surface area contributed by atoms with Crippen LogP contribution in [0.4, 0.5) is 8.78 Å². The molecule has 0 aliphatic heterocycles. The van der Waals surface area contributed by atoms with Crippen LogP contribution in [0.15, 0.2) is 49.2 Å². The molecule has 0 atom stereocenters. The SMILES string of the molecule is C=Cc1ccc2c(c1)c(-c1c(F)cccc1F)nc1cnn(S(=O)(=O)N(C)C)c12. The molecule has 0 N–H and O–H groups in total. The number of pyridine rings is 1. The number of aromatic nitrogens is 3. The van der Waals surface area contributed by atoms with Crippen molar-refractivity contribution < 1.29 is 17.2 Å². The van der Waals surface area contributed by atoms with E-state index in [2.05, 4.69) is 16.7 Å². The molecule has 148 valence electrons. The highest BCUT2D eigenvalue weighted by Gasteiger charge is 2.25. The van der Waals surface area contributed by atoms with Gasteiger partial charge in [0.25, 0.3) is 0 Å². The zero-order chi connectivity index (χ0) is 20.9. The van der Waals surface area contributed by atoms with Crippen molar-refractivity contribution in [1.29, 1.82) is 0 Å². The lowest BCUT2D eigenvalue weighted by atomic mass is 10.00. The van der Waals surface area contributed by atoms with Gasteiger partial charge in [-0.2, -0.15) is 17.8 Å². The molecule has 0 saturated heterocycles. The molecular weight excluding hydrogens is 398 g/mol. The smallest absolute Gasteiger partial charge is 0.244 e. The third-order valence-corrected chi connectivity index (χ3v) is 6.26. The van der Waals surface area contributed by atoms with E-state index in [1.54, 1.807) is 24.3 Å². The summed E-state index contributed by atoms with van der Waals surface area (Å²) in [6.45, 7) is 3.72. The second-order valence-electron chi connectivity index (χ2n) is 6.58. The third-order valence-electron chi connectivity index (χ3n) is 4.62. The molecule has 0 spiro atoms. The molecule has 0 fully saturated rings. The number of hydrogen-bond acceptors (Lipinski definition) is 4. The molecule has 4 aromatic rings. The summed E-state index contributed by atoms with van der Waals surface area (Å²) in [6.07, 6.45) is 2.85. The lowest BCUT2D eigenvalue weighted by Gasteiger charge is -2.14. The van der Waals surface area contributed by atoms with E-state index in [1.807, 2.05) is 0 Å². The molecule has 0 radical (unpaired) electrons. The number of fused-ring (bicyclic) bond motifs is 3. The molecule has 2 aromatic carbocycles. The maximum Gasteiger partial charge on any atom is 0.323 e. The van der Waals surface area contributed by atoms with Crippen LogP contribution < -0.4 is 0 Å². The Balaban J connectivity index is 2.21. The second kappa shape index (κ2) is 6.71. The Morgan fingerprint density at radius 3 is 2.41 bits per heavy atom. The highest BCUT2D eigenvalue weighted by molar-refractivity contribution is 7.87. The van der Waals surface area contributed by atoms with Crippen molar-refractivity contribution in [3.8, 4) is 11.3 Å². The Morgan fingerprint density at radius 2 is 1.79 bits per heavy atom. The van der Waals surface area contributed by atoms with Gasteiger partial charge in [0.2, 0.25) is 0 Å². The summed E-state index contributed by atoms with van der Waals surface area (Å²) >= 11 is 0. The van der Waals surface area contributed by atoms with E-state index in [1.165, 1.54) is 26.4 Å². The van der Waals surface area contributed by atoms with Crippen molar-refractivity contribution in [2.24, 2.45) is 0 Å². The van der Waals surface area contributed by atoms with Gasteiger partial charge in [0.15, 0.2) is 0 Å². The second-order valence-corrected chi connectivity index (χ2v) is 8.55. The normalized spacial score (nSPS) is 12.2. The Bertz CT molecular complexity index is 1370. The van der Waals surface area contributed by atoms with Crippen molar-refractivity contribution in [3.05, 3.63) is 66.4 Å². The first kappa shape index (κ1) is 19.2. The zero-order valence-corrected chi connectivity index (χ0v) is 16.4. The minimum absolute atomic E-state index is 0.0635. The van der Waals surface area contributed by atoms with E-state index in [9.17, 15) is 17.2 Å². The number of benzene rings is 2. The van der Waals surface area contributed by atoms with E-state index in [0.717, 1.165) is 20.5 Å². The molecule has 0 amide bonds. The zero-order valence-electron chi connectivity index (χ0n) is 15.6. The van der Waals surface area contributed by atoms with Crippen LogP contribution in [0.25, 0.3) is 39.1 Å². The van der Waals surface area contributed by atoms with Crippen molar-refractivity contribution in [2.45, 2.75) is 0 Å². The molecule has 0 aliphatic rings. The van der Waals surface area contributed by atoms with Gasteiger partial charge in [-0.1, -0.05) is 30.9 Å². The van der Waals surface area contributed by atoms with Gasteiger partial charge in [-0.15, -0.1) is 4.09 Å². The molecular formula is C20H16F2N4O2S. The number of rotatable bonds is 4. The summed E-state index contributed by atoms with van der Waals surface area (Å²) in [5.41, 5.74) is 0.896. The summed E-state index contributed by atoms with van der Waals surface area (Å²) in [5, 5.41) is 4.81. The van der Waals surface area contributed by atoms with Gasteiger partial charge in [0, 0.05) is 24.9 Å². The minimum atomic E-state index is -3.93. The first-order valence-corrected chi connectivity index (χ1v) is 9.96. The van der Waals surface area contributed by atoms with Gasteiger partial charge in [-0.05, 0) is 23.8 Å². The van der Waals surface area contributed by atoms with E-state index < -0.39 is 21.8 Å². The van der Waals surface area contributed by atoms with Gasteiger partial charge < -0.3 is 0 Å². The molecule has 4 rings (SSSR count). The molecule has 2 aromatic heterocycles. The lowest BCUT2D eigenvalue weighted by Crippen LogP contribution is -2.29. The Labute approximate surface area is 165 Å². The molecule has 0 aliphatic carbocycles. The minimum Gasteiger partial charge on any atom is -0.244 e. The quantitative estimate of drug-likeness (QED) is 0.509. The van der Waals surface area contributed by atoms with Crippen LogP contribution in [0.3, 0.4) is 0 Å². The van der Waals surface area contributed by atoms with Crippen molar-refractivity contribution in [1.82, 2.24) is 18.5 Å². The monoisotopic (exact) mass is 414 g/mol. The Kier molecular flexibility index (Phi) is 4.44. The standard InChI is InChI=1S/C20H16F2N4O2S/c1-4-12-8-9-13-14(10-12)19(18-15(21)6-5-7-16(18)22)24-17-11-23-26(20(13)17)29(27,28)25(2)3/h4-11H,1H2,2-3H3. The predicted molar refractivity (Wildman–Crippen MR) is 108 cm³/mol. The average Bonchev–Trinajstić information content (AvgIpc) is 3.12. The van der Waals surface area contributed by atoms with Gasteiger partial charge in [-0.3, -0.25) is 0 Å². The maximum atomic E-state index is 14.5. The predicted octanol–water partition coefficient (Wildman–Crippen LogP) is 3.83. The van der Waals surface area contributed by atoms with Crippen LogP contribution in [-0.4, -0.2) is 41.0 Å². The summed E-state index contributed by atoms with van der Waals surface area (Å²) in [7, 11) is -1.16. The molecule has 0 bridgehead atoms. The maximum absolute atomic E-state index is 14.5. The number of halogens is 2. The van der Waals surface area contributed by atoms with Crippen molar-refractivity contribution >= 4 is 38.1 Å². The van der Waals surface area contributed by atoms with E-state index in [0.29, 0.717) is 16.3 Å². The summed E-state index contributed by atoms with van der Waals surface area (Å²) in [5.74, 6) is -1.54. The van der Waals surface area contributed by atoms with Crippen LogP contribution in [0.1, 0.15) is 5.56 Å². The fraction of sp³-hybridized carbons (Fsp3) is 0.100. The van der Waals surface area contributed by atoms with Crippen molar-refractivity contribution in [3.63, 3.8) is 0 Å². The van der Waals surface area contributed by atoms with Crippen LogP contribution in [0, 0.1) is 11.6 Å². The Morgan fingerprint density at radius 1 is 1.10 bits per heavy atom. The van der Waals surface area contributed by atoms with E-state index in [-0.39, 0.29) is 22.3 Å². The molecule has 6 nitrogen and oxygen atoms in total. The summed E-state index contributed by atoms with van der Waals surface area (Å²) in [6, 6.07) is 8.63. The van der Waals surface area contributed by atoms with E-state index >= 15 is 0 Å². The van der Waals surface area contributed by atoms with Crippen LogP contribution in [-0.2, 0) is 10.2 Å². The molecule has 29 heavy (non-hydrogen) atoms. The van der Waals surface area contributed by atoms with Gasteiger partial charge in [-0.25, -0.2) is 13.8 Å². The number of nitrogens with zero attached hydrogens (tertiary/aromatic N) is 4. The average molecular weight is 414 g/mol. The van der Waals surface area contributed by atoms with Gasteiger partial charge >= 0.3 is 10.2 Å². The highest BCUT2D eigenvalue weighted by atomic mass is 32.2. The summed E-state index contributed by atoms with van der Waals surface area (Å²) in [4.78, 5) is 4.38. The topological polar surface area (TPSA) is 68.1 Å². The first-order valence-electron chi connectivity index (χ1n) is 8.57. The molecule has 0 saturated carbocycles. The van der Waals surface area contributed by atoms with Crippen LogP contribution in [0.2, 0.25) is 0 Å². The largest absolute Gasteiger partial charge is 0.323 e. The molecule has 2 heterocycles.